The van der Waals surface area contributed by atoms with Gasteiger partial charge >= 0.3 is 8.10 Å². The lowest BCUT2D eigenvalue weighted by atomic mass is 10.4. The smallest absolute Gasteiger partial charge is 0.110 e. The van der Waals surface area contributed by atoms with Gasteiger partial charge in [0.2, 0.25) is 0 Å². The van der Waals surface area contributed by atoms with Crippen molar-refractivity contribution >= 4 is 24.6 Å². The predicted octanol–water partition coefficient (Wildman–Crippen LogP) is 3.32. The molecule has 1 fully saturated rings. The van der Waals surface area contributed by atoms with E-state index in [2.05, 4.69) is 48.0 Å². The number of nitrogens with zero attached hydrogens (tertiary/aromatic N) is 2. The average Bonchev–Trinajstić information content (AvgIpc) is 1.99. The fourth-order valence-corrected chi connectivity index (χ4v) is 9.42. The number of hydrogen-bond acceptors (Lipinski definition) is 1. The molecule has 1 rings (SSSR count). The van der Waals surface area contributed by atoms with Crippen molar-refractivity contribution in [3.05, 3.63) is 0 Å². The maximum Gasteiger partial charge on any atom is 0.522 e. The van der Waals surface area contributed by atoms with E-state index in [4.69, 9.17) is 0 Å². The van der Waals surface area contributed by atoms with E-state index < -0.39 is 24.6 Å². The zero-order valence-electron chi connectivity index (χ0n) is 10.9. The Kier molecular flexibility index (Phi) is 3.94. The molecule has 15 heavy (non-hydrogen) atoms. The van der Waals surface area contributed by atoms with Gasteiger partial charge in [0.05, 0.1) is 0 Å². The Morgan fingerprint density at radius 2 is 1.20 bits per heavy atom. The average molecular weight is 263 g/mol. The van der Waals surface area contributed by atoms with E-state index in [1.165, 1.54) is 6.42 Å². The lowest BCUT2D eigenvalue weighted by molar-refractivity contribution is 0.425. The molecule has 0 aromatic carbocycles. The molecule has 1 saturated heterocycles. The lowest BCUT2D eigenvalue weighted by Gasteiger charge is -2.34. The van der Waals surface area contributed by atoms with Gasteiger partial charge < -0.3 is 0 Å². The summed E-state index contributed by atoms with van der Waals surface area (Å²) in [7, 11) is -4.07. The van der Waals surface area contributed by atoms with Crippen molar-refractivity contribution in [2.45, 2.75) is 45.7 Å². The van der Waals surface area contributed by atoms with E-state index in [0.717, 1.165) is 13.1 Å². The molecule has 0 bridgehead atoms. The van der Waals surface area contributed by atoms with Gasteiger partial charge in [0.25, 0.3) is 0 Å². The predicted molar refractivity (Wildman–Crippen MR) is 72.3 cm³/mol. The highest BCUT2D eigenvalue weighted by molar-refractivity contribution is 7.45. The second-order valence-corrected chi connectivity index (χ2v) is 18.2. The molecule has 88 valence electrons. The molecule has 1 aliphatic heterocycles. The minimum atomic E-state index is -1.41. The van der Waals surface area contributed by atoms with Gasteiger partial charge in [-0.3, -0.25) is 0 Å². The Balaban J connectivity index is 2.86. The first kappa shape index (κ1) is 13.5. The third-order valence-corrected chi connectivity index (χ3v) is 12.1. The zero-order valence-corrected chi connectivity index (χ0v) is 13.8. The van der Waals surface area contributed by atoms with Gasteiger partial charge in [-0.2, -0.15) is 0 Å². The minimum Gasteiger partial charge on any atom is -0.110 e. The van der Waals surface area contributed by atoms with Crippen LogP contribution < -0.4 is 0 Å². The Bertz CT molecular complexity index is 236. The molecular formula is C9H24N2OPSi2+. The van der Waals surface area contributed by atoms with Crippen LogP contribution in [0.2, 0.25) is 39.3 Å². The van der Waals surface area contributed by atoms with Crippen molar-refractivity contribution in [1.82, 2.24) is 8.67 Å². The van der Waals surface area contributed by atoms with E-state index in [1.807, 2.05) is 0 Å². The van der Waals surface area contributed by atoms with E-state index in [1.54, 1.807) is 0 Å². The minimum absolute atomic E-state index is 1.03. The molecule has 0 spiro atoms. The molecule has 0 aliphatic carbocycles. The summed E-state index contributed by atoms with van der Waals surface area (Å²) in [6, 6.07) is 0. The third-order valence-electron chi connectivity index (χ3n) is 2.70. The molecule has 0 aromatic rings. The second-order valence-electron chi connectivity index (χ2n) is 6.19. The molecule has 0 saturated carbocycles. The van der Waals surface area contributed by atoms with Crippen LogP contribution in [0.5, 0.6) is 0 Å². The largest absolute Gasteiger partial charge is 0.522 e. The Hall–Kier alpha value is 0.454. The number of hydrogen-bond donors (Lipinski definition) is 0. The Labute approximate surface area is 96.9 Å². The van der Waals surface area contributed by atoms with Gasteiger partial charge in [0, 0.05) is 13.1 Å². The van der Waals surface area contributed by atoms with E-state index in [9.17, 15) is 4.57 Å². The molecule has 0 amide bonds. The molecule has 0 aromatic heterocycles. The molecule has 6 heteroatoms. The highest BCUT2D eigenvalue weighted by atomic mass is 31.1. The molecule has 0 radical (unpaired) electrons. The highest BCUT2D eigenvalue weighted by Gasteiger charge is 2.50. The summed E-state index contributed by atoms with van der Waals surface area (Å²) in [6.07, 6.45) is 1.18. The summed E-state index contributed by atoms with van der Waals surface area (Å²) in [4.78, 5) is 0. The van der Waals surface area contributed by atoms with E-state index >= 15 is 0 Å². The van der Waals surface area contributed by atoms with Crippen molar-refractivity contribution in [2.75, 3.05) is 13.1 Å². The van der Waals surface area contributed by atoms with E-state index in [-0.39, 0.29) is 0 Å². The Morgan fingerprint density at radius 3 is 1.47 bits per heavy atom. The molecule has 0 N–H and O–H groups in total. The van der Waals surface area contributed by atoms with Gasteiger partial charge in [-0.05, 0) is 11.0 Å². The summed E-state index contributed by atoms with van der Waals surface area (Å²) in [5.74, 6) is 0. The van der Waals surface area contributed by atoms with Crippen LogP contribution in [-0.4, -0.2) is 38.2 Å². The van der Waals surface area contributed by atoms with Crippen molar-refractivity contribution < 1.29 is 4.57 Å². The molecule has 3 nitrogen and oxygen atoms in total. The molecule has 0 unspecified atom stereocenters. The topological polar surface area (TPSA) is 23.6 Å². The van der Waals surface area contributed by atoms with Crippen LogP contribution in [0.1, 0.15) is 6.42 Å². The summed E-state index contributed by atoms with van der Waals surface area (Å²) in [6.45, 7) is 15.8. The van der Waals surface area contributed by atoms with Gasteiger partial charge in [-0.1, -0.05) is 39.3 Å². The fraction of sp³-hybridized carbons (Fsp3) is 1.00. The maximum atomic E-state index is 12.5. The van der Waals surface area contributed by atoms with Crippen LogP contribution in [0.25, 0.3) is 0 Å². The van der Waals surface area contributed by atoms with Crippen molar-refractivity contribution in [2.24, 2.45) is 0 Å². The molecule has 1 aliphatic rings. The van der Waals surface area contributed by atoms with Crippen LogP contribution >= 0.6 is 8.10 Å². The van der Waals surface area contributed by atoms with Crippen molar-refractivity contribution in [3.8, 4) is 0 Å². The highest BCUT2D eigenvalue weighted by Crippen LogP contribution is 2.43. The van der Waals surface area contributed by atoms with Crippen LogP contribution in [0.4, 0.5) is 0 Å². The fourth-order valence-electron chi connectivity index (χ4n) is 1.86. The second kappa shape index (κ2) is 4.37. The maximum absolute atomic E-state index is 12.5. The van der Waals surface area contributed by atoms with Gasteiger partial charge in [-0.25, -0.2) is 0 Å². The van der Waals surface area contributed by atoms with E-state index in [0.29, 0.717) is 0 Å². The van der Waals surface area contributed by atoms with Gasteiger partial charge in [0.1, 0.15) is 0 Å². The quantitative estimate of drug-likeness (QED) is 0.564. The first-order chi connectivity index (χ1) is 6.64. The third kappa shape index (κ3) is 3.20. The number of rotatable bonds is 2. The van der Waals surface area contributed by atoms with Crippen LogP contribution in [0.15, 0.2) is 0 Å². The normalized spacial score (nSPS) is 22.1. The van der Waals surface area contributed by atoms with Crippen LogP contribution in [-0.2, 0) is 4.57 Å². The zero-order chi connectivity index (χ0) is 11.9. The van der Waals surface area contributed by atoms with Gasteiger partial charge in [0.15, 0.2) is 16.5 Å². The van der Waals surface area contributed by atoms with Crippen LogP contribution in [0, 0.1) is 0 Å². The lowest BCUT2D eigenvalue weighted by Crippen LogP contribution is -2.53. The first-order valence-electron chi connectivity index (χ1n) is 5.66. The Morgan fingerprint density at radius 1 is 0.867 bits per heavy atom. The molecule has 0 atom stereocenters. The summed E-state index contributed by atoms with van der Waals surface area (Å²) >= 11 is 0. The van der Waals surface area contributed by atoms with Crippen molar-refractivity contribution in [1.29, 1.82) is 0 Å². The molecule has 1 heterocycles. The summed E-state index contributed by atoms with van der Waals surface area (Å²) in [5, 5.41) is 0. The monoisotopic (exact) mass is 263 g/mol. The molecular weight excluding hydrogens is 239 g/mol. The SMILES string of the molecule is C[Si](C)(C)N1CCCN([Si](C)(C)C)[P+]1=O. The summed E-state index contributed by atoms with van der Waals surface area (Å²) in [5.41, 5.74) is 0. The van der Waals surface area contributed by atoms with Crippen molar-refractivity contribution in [3.63, 3.8) is 0 Å². The van der Waals surface area contributed by atoms with Gasteiger partial charge in [-0.15, -0.1) is 8.67 Å². The van der Waals surface area contributed by atoms with Crippen LogP contribution in [0.3, 0.4) is 0 Å². The standard InChI is InChI=1S/C9H24N2OPSi2/c1-14(2,3)10-8-7-9-11(13(10)12)15(4,5)6/h7-9H2,1-6H3/q+1. The summed E-state index contributed by atoms with van der Waals surface area (Å²) < 4.78 is 17.1. The first-order valence-corrected chi connectivity index (χ1v) is 13.7.